The molecule has 0 spiro atoms. The third kappa shape index (κ3) is 4.56. The number of nitrogens with zero attached hydrogens (tertiary/aromatic N) is 1. The first-order valence-corrected chi connectivity index (χ1v) is 12.0. The molecule has 5 nitrogen and oxygen atoms in total. The molecule has 31 heavy (non-hydrogen) atoms. The molecule has 160 valence electrons. The lowest BCUT2D eigenvalue weighted by Crippen LogP contribution is -2.35. The number of rotatable bonds is 4. The molecular weight excluding hydrogens is 455 g/mol. The molecule has 0 aliphatic carbocycles. The lowest BCUT2D eigenvalue weighted by Gasteiger charge is -2.30. The molecule has 3 aromatic carbocycles. The lowest BCUT2D eigenvalue weighted by molar-refractivity contribution is 0.0985. The molecule has 0 saturated carbocycles. The van der Waals surface area contributed by atoms with Gasteiger partial charge in [0.15, 0.2) is 0 Å². The first kappa shape index (κ1) is 21.7. The van der Waals surface area contributed by atoms with Gasteiger partial charge in [0.05, 0.1) is 10.6 Å². The van der Waals surface area contributed by atoms with Gasteiger partial charge in [-0.3, -0.25) is 9.52 Å². The minimum absolute atomic E-state index is 0.139. The zero-order chi connectivity index (χ0) is 22.2. The zero-order valence-electron chi connectivity index (χ0n) is 16.7. The second kappa shape index (κ2) is 8.54. The van der Waals surface area contributed by atoms with Crippen LogP contribution in [-0.2, 0) is 16.4 Å². The van der Waals surface area contributed by atoms with Crippen LogP contribution in [0.4, 0.5) is 11.4 Å². The minimum Gasteiger partial charge on any atom is -0.308 e. The van der Waals surface area contributed by atoms with Crippen LogP contribution in [-0.4, -0.2) is 20.9 Å². The van der Waals surface area contributed by atoms with Gasteiger partial charge in [0, 0.05) is 27.8 Å². The van der Waals surface area contributed by atoms with Crippen LogP contribution in [0.25, 0.3) is 0 Å². The van der Waals surface area contributed by atoms with E-state index in [0.29, 0.717) is 39.9 Å². The molecule has 8 heteroatoms. The van der Waals surface area contributed by atoms with Gasteiger partial charge in [-0.2, -0.15) is 0 Å². The molecule has 3 aromatic rings. The fraction of sp³-hybridized carbons (Fsp3) is 0.174. The second-order valence-corrected chi connectivity index (χ2v) is 9.96. The number of anilines is 2. The van der Waals surface area contributed by atoms with Gasteiger partial charge in [0.1, 0.15) is 0 Å². The van der Waals surface area contributed by atoms with Crippen molar-refractivity contribution in [2.75, 3.05) is 16.2 Å². The Balaban J connectivity index is 1.63. The number of sulfonamides is 1. The van der Waals surface area contributed by atoms with Crippen LogP contribution in [0.2, 0.25) is 10.0 Å². The highest BCUT2D eigenvalue weighted by atomic mass is 35.5. The van der Waals surface area contributed by atoms with E-state index in [0.717, 1.165) is 17.5 Å². The summed E-state index contributed by atoms with van der Waals surface area (Å²) in [6.07, 6.45) is 1.43. The summed E-state index contributed by atoms with van der Waals surface area (Å²) in [6, 6.07) is 16.6. The Hall–Kier alpha value is -2.54. The molecule has 1 aliphatic rings. The van der Waals surface area contributed by atoms with Gasteiger partial charge in [-0.05, 0) is 79.4 Å². The molecule has 0 fully saturated rings. The fourth-order valence-corrected chi connectivity index (χ4v) is 5.07. The molecule has 0 bridgehead atoms. The average molecular weight is 475 g/mol. The summed E-state index contributed by atoms with van der Waals surface area (Å²) in [6.45, 7) is 2.41. The maximum absolute atomic E-state index is 13.0. The zero-order valence-corrected chi connectivity index (χ0v) is 19.1. The normalized spacial score (nSPS) is 13.6. The number of fused-ring (bicyclic) bond motifs is 1. The summed E-state index contributed by atoms with van der Waals surface area (Å²) in [4.78, 5) is 14.8. The Morgan fingerprint density at radius 3 is 2.58 bits per heavy atom. The van der Waals surface area contributed by atoms with Crippen molar-refractivity contribution in [2.24, 2.45) is 0 Å². The Morgan fingerprint density at radius 2 is 1.84 bits per heavy atom. The number of carbonyl (C=O) groups is 1. The molecule has 1 amide bonds. The van der Waals surface area contributed by atoms with Crippen molar-refractivity contribution in [3.8, 4) is 0 Å². The van der Waals surface area contributed by atoms with E-state index in [1.165, 1.54) is 6.07 Å². The first-order chi connectivity index (χ1) is 14.7. The highest BCUT2D eigenvalue weighted by Gasteiger charge is 2.26. The van der Waals surface area contributed by atoms with E-state index in [1.54, 1.807) is 59.5 Å². The molecule has 0 radical (unpaired) electrons. The van der Waals surface area contributed by atoms with Crippen LogP contribution in [0.15, 0.2) is 65.6 Å². The van der Waals surface area contributed by atoms with Crippen LogP contribution in [0.1, 0.15) is 27.9 Å². The van der Waals surface area contributed by atoms with Crippen LogP contribution in [0, 0.1) is 6.92 Å². The van der Waals surface area contributed by atoms with Gasteiger partial charge in [0.25, 0.3) is 15.9 Å². The van der Waals surface area contributed by atoms with Crippen molar-refractivity contribution in [3.63, 3.8) is 0 Å². The number of hydrogen-bond acceptors (Lipinski definition) is 3. The summed E-state index contributed by atoms with van der Waals surface area (Å²) in [5, 5.41) is 0.979. The number of hydrogen-bond donors (Lipinski definition) is 1. The van der Waals surface area contributed by atoms with E-state index >= 15 is 0 Å². The van der Waals surface area contributed by atoms with Gasteiger partial charge in [-0.25, -0.2) is 8.42 Å². The van der Waals surface area contributed by atoms with Crippen molar-refractivity contribution < 1.29 is 13.2 Å². The average Bonchev–Trinajstić information content (AvgIpc) is 2.75. The number of amides is 1. The highest BCUT2D eigenvalue weighted by molar-refractivity contribution is 7.92. The number of carbonyl (C=O) groups excluding carboxylic acids is 1. The summed E-state index contributed by atoms with van der Waals surface area (Å²) in [5.74, 6) is -0.161. The van der Waals surface area contributed by atoms with Crippen LogP contribution >= 0.6 is 23.2 Å². The SMILES string of the molecule is Cc1ccc(NS(=O)(=O)c2ccc3c(c2)CCCN3C(=O)c2cccc(Cl)c2)cc1Cl. The third-order valence-electron chi connectivity index (χ3n) is 5.22. The largest absolute Gasteiger partial charge is 0.308 e. The molecule has 4 rings (SSSR count). The molecule has 1 aliphatic heterocycles. The van der Waals surface area contributed by atoms with Crippen LogP contribution in [0.3, 0.4) is 0 Å². The number of nitrogens with one attached hydrogen (secondary N) is 1. The van der Waals surface area contributed by atoms with E-state index in [1.807, 2.05) is 6.92 Å². The van der Waals surface area contributed by atoms with E-state index in [2.05, 4.69) is 4.72 Å². The quantitative estimate of drug-likeness (QED) is 0.527. The van der Waals surface area contributed by atoms with Crippen molar-refractivity contribution in [1.82, 2.24) is 0 Å². The van der Waals surface area contributed by atoms with Gasteiger partial charge in [-0.15, -0.1) is 0 Å². The fourth-order valence-electron chi connectivity index (χ4n) is 3.60. The monoisotopic (exact) mass is 474 g/mol. The maximum atomic E-state index is 13.0. The van der Waals surface area contributed by atoms with Crippen LogP contribution in [0.5, 0.6) is 0 Å². The summed E-state index contributed by atoms with van der Waals surface area (Å²) in [7, 11) is -3.80. The van der Waals surface area contributed by atoms with Crippen LogP contribution < -0.4 is 9.62 Å². The van der Waals surface area contributed by atoms with Gasteiger partial charge in [0.2, 0.25) is 0 Å². The molecule has 0 aromatic heterocycles. The summed E-state index contributed by atoms with van der Waals surface area (Å²) < 4.78 is 28.4. The van der Waals surface area contributed by atoms with Crippen molar-refractivity contribution in [1.29, 1.82) is 0 Å². The van der Waals surface area contributed by atoms with Gasteiger partial charge >= 0.3 is 0 Å². The van der Waals surface area contributed by atoms with E-state index in [-0.39, 0.29) is 10.8 Å². The Kier molecular flexibility index (Phi) is 5.97. The van der Waals surface area contributed by atoms with E-state index in [4.69, 9.17) is 23.2 Å². The summed E-state index contributed by atoms with van der Waals surface area (Å²) >= 11 is 12.1. The highest BCUT2D eigenvalue weighted by Crippen LogP contribution is 2.32. The van der Waals surface area contributed by atoms with Crippen molar-refractivity contribution >= 4 is 50.5 Å². The Bertz CT molecular complexity index is 1280. The molecule has 0 atom stereocenters. The van der Waals surface area contributed by atoms with E-state index in [9.17, 15) is 13.2 Å². The molecule has 1 heterocycles. The number of halogens is 2. The molecule has 0 saturated heterocycles. The van der Waals surface area contributed by atoms with Crippen molar-refractivity contribution in [3.05, 3.63) is 87.4 Å². The topological polar surface area (TPSA) is 66.5 Å². The second-order valence-electron chi connectivity index (χ2n) is 7.43. The Morgan fingerprint density at radius 1 is 1.03 bits per heavy atom. The summed E-state index contributed by atoms with van der Waals surface area (Å²) in [5.41, 5.74) is 3.28. The smallest absolute Gasteiger partial charge is 0.261 e. The number of aryl methyl sites for hydroxylation is 2. The van der Waals surface area contributed by atoms with Gasteiger partial charge < -0.3 is 4.90 Å². The first-order valence-electron chi connectivity index (χ1n) is 9.74. The van der Waals surface area contributed by atoms with E-state index < -0.39 is 10.0 Å². The third-order valence-corrected chi connectivity index (χ3v) is 7.24. The minimum atomic E-state index is -3.80. The lowest BCUT2D eigenvalue weighted by atomic mass is 10.0. The molecular formula is C23H20Cl2N2O3S. The maximum Gasteiger partial charge on any atom is 0.261 e. The Labute approximate surface area is 191 Å². The predicted octanol–water partition coefficient (Wildman–Crippen LogP) is 5.70. The molecule has 0 unspecified atom stereocenters. The van der Waals surface area contributed by atoms with Crippen molar-refractivity contribution in [2.45, 2.75) is 24.7 Å². The van der Waals surface area contributed by atoms with Gasteiger partial charge in [-0.1, -0.05) is 35.3 Å². The molecule has 1 N–H and O–H groups in total. The predicted molar refractivity (Wildman–Crippen MR) is 125 cm³/mol. The standard InChI is InChI=1S/C23H20Cl2N2O3S/c1-15-7-8-19(14-21(15)25)26-31(29,30)20-9-10-22-16(13-20)5-3-11-27(22)23(28)17-4-2-6-18(24)12-17/h2,4,6-10,12-14,26H,3,5,11H2,1H3. The number of benzene rings is 3.